The molecule has 0 unspecified atom stereocenters. The van der Waals surface area contributed by atoms with E-state index in [4.69, 9.17) is 9.47 Å². The summed E-state index contributed by atoms with van der Waals surface area (Å²) in [6, 6.07) is 5.13. The molecule has 1 aromatic carbocycles. The molecule has 90 valence electrons. The van der Waals surface area contributed by atoms with Gasteiger partial charge in [0.05, 0.1) is 5.69 Å². The molecule has 17 heavy (non-hydrogen) atoms. The van der Waals surface area contributed by atoms with Crippen molar-refractivity contribution in [3.63, 3.8) is 0 Å². The number of fused-ring (bicyclic) bond motifs is 1. The van der Waals surface area contributed by atoms with Crippen molar-refractivity contribution in [1.29, 1.82) is 0 Å². The largest absolute Gasteiger partial charge is 0.486 e. The van der Waals surface area contributed by atoms with Gasteiger partial charge in [-0.25, -0.2) is 0 Å². The molecular weight excluding hydrogens is 222 g/mol. The Morgan fingerprint density at radius 1 is 1.53 bits per heavy atom. The highest BCUT2D eigenvalue weighted by Crippen LogP contribution is 2.34. The van der Waals surface area contributed by atoms with Crippen LogP contribution in [0.4, 0.5) is 5.69 Å². The first kappa shape index (κ1) is 11.4. The van der Waals surface area contributed by atoms with Crippen LogP contribution < -0.4 is 14.4 Å². The normalized spacial score (nSPS) is 14.0. The number of Topliss-reactive ketones (excluding diaryl/α,β-unsaturated/α-hetero) is 1. The van der Waals surface area contributed by atoms with Crippen LogP contribution in [0.1, 0.15) is 6.92 Å². The van der Waals surface area contributed by atoms with Crippen LogP contribution in [0.25, 0.3) is 0 Å². The van der Waals surface area contributed by atoms with E-state index in [1.54, 1.807) is 25.2 Å². The molecule has 2 rings (SSSR count). The van der Waals surface area contributed by atoms with Gasteiger partial charge in [0.25, 0.3) is 5.91 Å². The standard InChI is InChI=1S/C12H13NO4/c1-8(14)6-16-9-3-4-11-10(5-9)13(2)12(15)7-17-11/h3-5H,6-7H2,1-2H3. The van der Waals surface area contributed by atoms with Gasteiger partial charge in [0.1, 0.15) is 18.1 Å². The SMILES string of the molecule is CC(=O)COc1ccc2c(c1)N(C)C(=O)CO2. The Kier molecular flexibility index (Phi) is 2.99. The first-order valence-electron chi connectivity index (χ1n) is 5.23. The van der Waals surface area contributed by atoms with E-state index < -0.39 is 0 Å². The van der Waals surface area contributed by atoms with Gasteiger partial charge in [0, 0.05) is 13.1 Å². The number of ether oxygens (including phenoxy) is 2. The molecular formula is C12H13NO4. The van der Waals surface area contributed by atoms with Gasteiger partial charge in [-0.2, -0.15) is 0 Å². The highest BCUT2D eigenvalue weighted by Gasteiger charge is 2.22. The lowest BCUT2D eigenvalue weighted by Crippen LogP contribution is -2.35. The second-order valence-electron chi connectivity index (χ2n) is 3.86. The molecule has 0 atom stereocenters. The Balaban J connectivity index is 2.23. The number of carbonyl (C=O) groups is 2. The van der Waals surface area contributed by atoms with Crippen molar-refractivity contribution in [3.8, 4) is 11.5 Å². The zero-order valence-corrected chi connectivity index (χ0v) is 9.73. The number of hydrogen-bond donors (Lipinski definition) is 0. The van der Waals surface area contributed by atoms with Gasteiger partial charge in [-0.1, -0.05) is 0 Å². The fourth-order valence-electron chi connectivity index (χ4n) is 1.53. The van der Waals surface area contributed by atoms with Crippen LogP contribution in [0.5, 0.6) is 11.5 Å². The van der Waals surface area contributed by atoms with Crippen LogP contribution in [0.15, 0.2) is 18.2 Å². The van der Waals surface area contributed by atoms with Crippen LogP contribution in [-0.2, 0) is 9.59 Å². The van der Waals surface area contributed by atoms with Gasteiger partial charge in [0.15, 0.2) is 12.4 Å². The molecule has 0 spiro atoms. The Morgan fingerprint density at radius 3 is 3.00 bits per heavy atom. The Hall–Kier alpha value is -2.04. The number of amides is 1. The fraction of sp³-hybridized carbons (Fsp3) is 0.333. The number of ketones is 1. The van der Waals surface area contributed by atoms with Crippen molar-refractivity contribution < 1.29 is 19.1 Å². The maximum absolute atomic E-state index is 11.4. The molecule has 1 aliphatic heterocycles. The predicted octanol–water partition coefficient (Wildman–Crippen LogP) is 1.01. The number of anilines is 1. The second kappa shape index (κ2) is 4.45. The maximum Gasteiger partial charge on any atom is 0.264 e. The minimum atomic E-state index is -0.110. The Labute approximate surface area is 98.9 Å². The molecule has 5 heteroatoms. The lowest BCUT2D eigenvalue weighted by Gasteiger charge is -2.26. The lowest BCUT2D eigenvalue weighted by molar-refractivity contribution is -0.121. The smallest absolute Gasteiger partial charge is 0.264 e. The summed E-state index contributed by atoms with van der Waals surface area (Å²) in [6.45, 7) is 1.53. The third kappa shape index (κ3) is 2.38. The molecule has 0 N–H and O–H groups in total. The number of nitrogens with zero attached hydrogens (tertiary/aromatic N) is 1. The van der Waals surface area contributed by atoms with Crippen LogP contribution in [-0.4, -0.2) is 32.0 Å². The first-order valence-corrected chi connectivity index (χ1v) is 5.23. The van der Waals surface area contributed by atoms with Gasteiger partial charge >= 0.3 is 0 Å². The minimum absolute atomic E-state index is 0.0251. The first-order chi connectivity index (χ1) is 8.08. The van der Waals surface area contributed by atoms with E-state index in [-0.39, 0.29) is 24.9 Å². The van der Waals surface area contributed by atoms with Crippen molar-refractivity contribution in [2.45, 2.75) is 6.92 Å². The number of carbonyl (C=O) groups excluding carboxylic acids is 2. The van der Waals surface area contributed by atoms with Crippen molar-refractivity contribution in [3.05, 3.63) is 18.2 Å². The van der Waals surface area contributed by atoms with E-state index in [1.165, 1.54) is 11.8 Å². The third-order valence-electron chi connectivity index (χ3n) is 2.46. The van der Waals surface area contributed by atoms with E-state index >= 15 is 0 Å². The van der Waals surface area contributed by atoms with E-state index in [2.05, 4.69) is 0 Å². The van der Waals surface area contributed by atoms with E-state index in [1.807, 2.05) is 0 Å². The Morgan fingerprint density at radius 2 is 2.29 bits per heavy atom. The number of likely N-dealkylation sites (N-methyl/N-ethyl adjacent to an activating group) is 1. The van der Waals surface area contributed by atoms with Crippen LogP contribution in [0.3, 0.4) is 0 Å². The molecule has 0 aromatic heterocycles. The molecule has 1 aliphatic rings. The molecule has 1 amide bonds. The van der Waals surface area contributed by atoms with Gasteiger partial charge in [-0.05, 0) is 19.1 Å². The van der Waals surface area contributed by atoms with Crippen LogP contribution in [0.2, 0.25) is 0 Å². The van der Waals surface area contributed by atoms with E-state index in [0.717, 1.165) is 0 Å². The van der Waals surface area contributed by atoms with Crippen molar-refractivity contribution in [1.82, 2.24) is 0 Å². The van der Waals surface area contributed by atoms with Crippen molar-refractivity contribution >= 4 is 17.4 Å². The number of benzene rings is 1. The molecule has 1 heterocycles. The number of hydrogen-bond acceptors (Lipinski definition) is 4. The molecule has 0 fully saturated rings. The zero-order valence-electron chi connectivity index (χ0n) is 9.73. The minimum Gasteiger partial charge on any atom is -0.486 e. The summed E-state index contributed by atoms with van der Waals surface area (Å²) in [7, 11) is 1.68. The van der Waals surface area contributed by atoms with E-state index in [9.17, 15) is 9.59 Å². The van der Waals surface area contributed by atoms with Gasteiger partial charge in [-0.3, -0.25) is 9.59 Å². The summed E-state index contributed by atoms with van der Waals surface area (Å²) >= 11 is 0. The summed E-state index contributed by atoms with van der Waals surface area (Å²) in [4.78, 5) is 23.8. The summed E-state index contributed by atoms with van der Waals surface area (Å²) in [5, 5.41) is 0. The molecule has 0 saturated heterocycles. The topological polar surface area (TPSA) is 55.8 Å². The van der Waals surface area contributed by atoms with Crippen molar-refractivity contribution in [2.24, 2.45) is 0 Å². The predicted molar refractivity (Wildman–Crippen MR) is 61.5 cm³/mol. The second-order valence-corrected chi connectivity index (χ2v) is 3.86. The van der Waals surface area contributed by atoms with Crippen LogP contribution in [0, 0.1) is 0 Å². The molecule has 0 bridgehead atoms. The summed E-state index contributed by atoms with van der Waals surface area (Å²) in [6.07, 6.45) is 0. The average Bonchev–Trinajstić information content (AvgIpc) is 2.31. The van der Waals surface area contributed by atoms with Crippen LogP contribution >= 0.6 is 0 Å². The number of rotatable bonds is 3. The molecule has 0 aliphatic carbocycles. The fourth-order valence-corrected chi connectivity index (χ4v) is 1.53. The highest BCUT2D eigenvalue weighted by molar-refractivity contribution is 5.97. The third-order valence-corrected chi connectivity index (χ3v) is 2.46. The van der Waals surface area contributed by atoms with E-state index in [0.29, 0.717) is 17.2 Å². The molecule has 0 radical (unpaired) electrons. The zero-order chi connectivity index (χ0) is 12.4. The summed E-state index contributed by atoms with van der Waals surface area (Å²) < 4.78 is 10.5. The monoisotopic (exact) mass is 235 g/mol. The Bertz CT molecular complexity index is 470. The summed E-state index contributed by atoms with van der Waals surface area (Å²) in [5.41, 5.74) is 0.655. The van der Waals surface area contributed by atoms with Gasteiger partial charge in [-0.15, -0.1) is 0 Å². The lowest BCUT2D eigenvalue weighted by atomic mass is 10.2. The van der Waals surface area contributed by atoms with Gasteiger partial charge < -0.3 is 14.4 Å². The molecule has 0 saturated carbocycles. The quantitative estimate of drug-likeness (QED) is 0.784. The molecule has 1 aromatic rings. The highest BCUT2D eigenvalue weighted by atomic mass is 16.5. The maximum atomic E-state index is 11.4. The molecule has 5 nitrogen and oxygen atoms in total. The average molecular weight is 235 g/mol. The van der Waals surface area contributed by atoms with Crippen molar-refractivity contribution in [2.75, 3.05) is 25.2 Å². The van der Waals surface area contributed by atoms with Gasteiger partial charge in [0.2, 0.25) is 0 Å². The summed E-state index contributed by atoms with van der Waals surface area (Å²) in [5.74, 6) is 1.02.